The van der Waals surface area contributed by atoms with Crippen LogP contribution in [0, 0.1) is 29.1 Å². The van der Waals surface area contributed by atoms with Crippen LogP contribution in [0.3, 0.4) is 0 Å². The van der Waals surface area contributed by atoms with Gasteiger partial charge in [-0.2, -0.15) is 20.6 Å². The lowest BCUT2D eigenvalue weighted by molar-refractivity contribution is 0.165. The van der Waals surface area contributed by atoms with E-state index in [-0.39, 0.29) is 0 Å². The Morgan fingerprint density at radius 1 is 1.03 bits per heavy atom. The van der Waals surface area contributed by atoms with Gasteiger partial charge in [-0.15, -0.1) is 0 Å². The third-order valence-electron chi connectivity index (χ3n) is 7.95. The van der Waals surface area contributed by atoms with Gasteiger partial charge >= 0.3 is 0 Å². The van der Waals surface area contributed by atoms with Crippen LogP contribution in [-0.2, 0) is 0 Å². The van der Waals surface area contributed by atoms with E-state index in [0.717, 1.165) is 52.0 Å². The molecule has 2 aromatic heterocycles. The maximum Gasteiger partial charge on any atom is 0.101 e. The fourth-order valence-corrected chi connectivity index (χ4v) is 6.41. The molecule has 6 heteroatoms. The van der Waals surface area contributed by atoms with Crippen LogP contribution in [0.4, 0.5) is 5.69 Å². The Hall–Kier alpha value is -3.46. The van der Waals surface area contributed by atoms with Gasteiger partial charge in [-0.3, -0.25) is 0 Å². The van der Waals surface area contributed by atoms with E-state index in [0.29, 0.717) is 17.5 Å². The Bertz CT molecular complexity index is 1360. The summed E-state index contributed by atoms with van der Waals surface area (Å²) in [5, 5.41) is 26.8. The summed E-state index contributed by atoms with van der Waals surface area (Å²) in [5.74, 6) is 2.40. The minimum absolute atomic E-state index is 0.296. The standard InChI is InChI=1S/C29H32N6/c1-18(2)32-27-14-22(29-9-7-24-13-21(16-30)17-31-35(24)29)6-8-25(27)28-15-26(33-34-28)23-11-19-4-3-5-20(10-19)12-23/h6-9,13-14,17-20,23,32H,3-5,10-12,15H2,1-2H3. The highest BCUT2D eigenvalue weighted by Crippen LogP contribution is 2.44. The van der Waals surface area contributed by atoms with E-state index in [1.54, 1.807) is 6.20 Å². The van der Waals surface area contributed by atoms with E-state index in [4.69, 9.17) is 10.2 Å². The van der Waals surface area contributed by atoms with Crippen molar-refractivity contribution in [2.45, 2.75) is 64.8 Å². The third-order valence-corrected chi connectivity index (χ3v) is 7.95. The number of hydrogen-bond acceptors (Lipinski definition) is 5. The molecule has 6 rings (SSSR count). The number of nitrogens with one attached hydrogen (secondary N) is 1. The summed E-state index contributed by atoms with van der Waals surface area (Å²) >= 11 is 0. The Balaban J connectivity index is 1.27. The molecule has 1 aromatic carbocycles. The molecule has 1 aliphatic heterocycles. The summed E-state index contributed by atoms with van der Waals surface area (Å²) < 4.78 is 1.89. The van der Waals surface area contributed by atoms with E-state index in [1.165, 1.54) is 44.2 Å². The summed E-state index contributed by atoms with van der Waals surface area (Å²) in [7, 11) is 0. The molecule has 0 amide bonds. The third kappa shape index (κ3) is 4.25. The van der Waals surface area contributed by atoms with Gasteiger partial charge in [-0.05, 0) is 69.2 Å². The molecule has 1 N–H and O–H groups in total. The molecule has 2 atom stereocenters. The fraction of sp³-hybridized carbons (Fsp3) is 0.448. The maximum absolute atomic E-state index is 9.19. The molecule has 2 aliphatic carbocycles. The molecule has 3 heterocycles. The molecule has 2 unspecified atom stereocenters. The van der Waals surface area contributed by atoms with Crippen LogP contribution in [0.5, 0.6) is 0 Å². The summed E-state index contributed by atoms with van der Waals surface area (Å²) in [6, 6.07) is 14.9. The first-order valence-corrected chi connectivity index (χ1v) is 13.0. The minimum atomic E-state index is 0.296. The van der Waals surface area contributed by atoms with Gasteiger partial charge in [0.15, 0.2) is 0 Å². The van der Waals surface area contributed by atoms with E-state index in [9.17, 15) is 5.26 Å². The Labute approximate surface area is 206 Å². The second-order valence-corrected chi connectivity index (χ2v) is 10.9. The lowest BCUT2D eigenvalue weighted by atomic mass is 9.66. The molecular weight excluding hydrogens is 432 g/mol. The second kappa shape index (κ2) is 8.96. The molecule has 3 aromatic rings. The topological polar surface area (TPSA) is 77.8 Å². The minimum Gasteiger partial charge on any atom is -0.382 e. The number of anilines is 1. The molecule has 6 nitrogen and oxygen atoms in total. The Morgan fingerprint density at radius 3 is 2.63 bits per heavy atom. The molecule has 2 saturated carbocycles. The van der Waals surface area contributed by atoms with Gasteiger partial charge < -0.3 is 5.32 Å². The van der Waals surface area contributed by atoms with Crippen LogP contribution in [0.15, 0.2) is 52.8 Å². The van der Waals surface area contributed by atoms with Crippen LogP contribution in [0.1, 0.15) is 69.9 Å². The highest BCUT2D eigenvalue weighted by molar-refractivity contribution is 6.18. The summed E-state index contributed by atoms with van der Waals surface area (Å²) in [5.41, 5.74) is 8.15. The van der Waals surface area contributed by atoms with Crippen molar-refractivity contribution >= 4 is 22.6 Å². The largest absolute Gasteiger partial charge is 0.382 e. The van der Waals surface area contributed by atoms with E-state index in [2.05, 4.69) is 54.6 Å². The van der Waals surface area contributed by atoms with Crippen molar-refractivity contribution in [3.63, 3.8) is 0 Å². The molecular formula is C29H32N6. The van der Waals surface area contributed by atoms with Crippen LogP contribution in [0.2, 0.25) is 0 Å². The zero-order valence-electron chi connectivity index (χ0n) is 20.5. The van der Waals surface area contributed by atoms with Gasteiger partial charge in [0.2, 0.25) is 0 Å². The number of nitrogens with zero attached hydrogens (tertiary/aromatic N) is 5. The molecule has 0 spiro atoms. The SMILES string of the molecule is CC(C)Nc1cc(-c2ccc3cc(C#N)cnn23)ccc1C1=NN=C(C2CC3CCCC(C3)C2)C1. The Kier molecular flexibility index (Phi) is 5.64. The number of benzene rings is 1. The zero-order chi connectivity index (χ0) is 23.9. The van der Waals surface area contributed by atoms with E-state index >= 15 is 0 Å². The van der Waals surface area contributed by atoms with Crippen molar-refractivity contribution in [2.75, 3.05) is 5.32 Å². The zero-order valence-corrected chi connectivity index (χ0v) is 20.5. The highest BCUT2D eigenvalue weighted by atomic mass is 15.2. The van der Waals surface area contributed by atoms with Crippen LogP contribution in [-0.4, -0.2) is 27.1 Å². The number of rotatable bonds is 5. The molecule has 3 aliphatic rings. The predicted molar refractivity (Wildman–Crippen MR) is 141 cm³/mol. The van der Waals surface area contributed by atoms with Crippen molar-refractivity contribution in [1.29, 1.82) is 5.26 Å². The molecule has 2 bridgehead atoms. The first-order chi connectivity index (χ1) is 17.1. The summed E-state index contributed by atoms with van der Waals surface area (Å²) in [6.07, 6.45) is 10.7. The predicted octanol–water partition coefficient (Wildman–Crippen LogP) is 6.46. The van der Waals surface area contributed by atoms with Crippen LogP contribution >= 0.6 is 0 Å². The van der Waals surface area contributed by atoms with Gasteiger partial charge in [-0.1, -0.05) is 31.4 Å². The monoisotopic (exact) mass is 464 g/mol. The first-order valence-electron chi connectivity index (χ1n) is 13.0. The van der Waals surface area contributed by atoms with Crippen LogP contribution < -0.4 is 5.32 Å². The fourth-order valence-electron chi connectivity index (χ4n) is 6.41. The average molecular weight is 465 g/mol. The second-order valence-electron chi connectivity index (χ2n) is 10.9. The quantitative estimate of drug-likeness (QED) is 0.471. The molecule has 0 radical (unpaired) electrons. The highest BCUT2D eigenvalue weighted by Gasteiger charge is 2.35. The lowest BCUT2D eigenvalue weighted by Crippen LogP contribution is -2.31. The number of fused-ring (bicyclic) bond motifs is 3. The molecule has 178 valence electrons. The Morgan fingerprint density at radius 2 is 1.86 bits per heavy atom. The van der Waals surface area contributed by atoms with Crippen molar-refractivity contribution in [2.24, 2.45) is 28.0 Å². The van der Waals surface area contributed by atoms with Gasteiger partial charge in [0.05, 0.1) is 28.7 Å². The smallest absolute Gasteiger partial charge is 0.101 e. The number of aromatic nitrogens is 2. The summed E-state index contributed by atoms with van der Waals surface area (Å²) in [4.78, 5) is 0. The first kappa shape index (κ1) is 22.0. The summed E-state index contributed by atoms with van der Waals surface area (Å²) in [6.45, 7) is 4.32. The maximum atomic E-state index is 9.19. The van der Waals surface area contributed by atoms with Gasteiger partial charge in [0.25, 0.3) is 0 Å². The van der Waals surface area contributed by atoms with Crippen molar-refractivity contribution in [3.05, 3.63) is 53.7 Å². The average Bonchev–Trinajstić information content (AvgIpc) is 3.50. The molecule has 0 saturated heterocycles. The van der Waals surface area contributed by atoms with Gasteiger partial charge in [0.1, 0.15) is 6.07 Å². The van der Waals surface area contributed by atoms with Gasteiger partial charge in [-0.25, -0.2) is 4.52 Å². The van der Waals surface area contributed by atoms with Gasteiger partial charge in [0, 0.05) is 40.9 Å². The number of hydrogen-bond donors (Lipinski definition) is 1. The van der Waals surface area contributed by atoms with Crippen molar-refractivity contribution < 1.29 is 0 Å². The molecule has 35 heavy (non-hydrogen) atoms. The van der Waals surface area contributed by atoms with E-state index in [1.807, 2.05) is 16.6 Å². The van der Waals surface area contributed by atoms with Crippen molar-refractivity contribution in [1.82, 2.24) is 9.61 Å². The van der Waals surface area contributed by atoms with Crippen molar-refractivity contribution in [3.8, 4) is 17.3 Å². The van der Waals surface area contributed by atoms with Crippen LogP contribution in [0.25, 0.3) is 16.8 Å². The van der Waals surface area contributed by atoms with E-state index < -0.39 is 0 Å². The lowest BCUT2D eigenvalue weighted by Gasteiger charge is -2.39. The molecule has 2 fully saturated rings. The normalized spacial score (nSPS) is 23.8. The number of nitriles is 1.